The summed E-state index contributed by atoms with van der Waals surface area (Å²) in [7, 11) is 0. The number of H-pyrrole nitrogens is 1. The molecule has 0 aliphatic rings. The average molecular weight is 398 g/mol. The van der Waals surface area contributed by atoms with Gasteiger partial charge in [0.25, 0.3) is 17.1 Å². The first-order valence-corrected chi connectivity index (χ1v) is 8.07. The molecular weight excluding hydrogens is 384 g/mol. The van der Waals surface area contributed by atoms with Crippen LogP contribution in [0, 0.1) is 30.3 Å². The third-order valence-corrected chi connectivity index (χ3v) is 3.65. The summed E-state index contributed by atoms with van der Waals surface area (Å²) < 4.78 is 0. The quantitative estimate of drug-likeness (QED) is 0.470. The van der Waals surface area contributed by atoms with Crippen molar-refractivity contribution >= 4 is 17.1 Å². The van der Waals surface area contributed by atoms with E-state index in [-0.39, 0.29) is 0 Å². The van der Waals surface area contributed by atoms with Gasteiger partial charge in [-0.15, -0.1) is 0 Å². The van der Waals surface area contributed by atoms with Crippen molar-refractivity contribution in [3.8, 4) is 5.75 Å². The van der Waals surface area contributed by atoms with Gasteiger partial charge in [0.1, 0.15) is 0 Å². The molecule has 0 unspecified atom stereocenters. The van der Waals surface area contributed by atoms with Gasteiger partial charge in [0.15, 0.2) is 11.9 Å². The minimum atomic E-state index is -1.46. The summed E-state index contributed by atoms with van der Waals surface area (Å²) in [4.78, 5) is 30.7. The minimum absolute atomic E-state index is 0.384. The number of nitrogens with zero attached hydrogens (tertiary/aromatic N) is 3. The number of non-ortho nitro benzene ring substituents is 1. The summed E-state index contributed by atoms with van der Waals surface area (Å²) >= 11 is 0. The highest BCUT2D eigenvalue weighted by Gasteiger charge is 2.24. The summed E-state index contributed by atoms with van der Waals surface area (Å²) in [6.07, 6.45) is 2.93. The molecule has 0 spiro atoms. The molecule has 11 nitrogen and oxygen atoms in total. The molecule has 3 rings (SSSR count). The van der Waals surface area contributed by atoms with Crippen LogP contribution in [0.25, 0.3) is 0 Å². The van der Waals surface area contributed by atoms with Crippen molar-refractivity contribution in [3.05, 3.63) is 108 Å². The highest BCUT2D eigenvalue weighted by molar-refractivity contribution is 5.64. The predicted octanol–water partition coefficient (Wildman–Crippen LogP) is 2.58. The van der Waals surface area contributed by atoms with Crippen LogP contribution in [0.4, 0.5) is 17.1 Å². The van der Waals surface area contributed by atoms with E-state index >= 15 is 0 Å². The lowest BCUT2D eigenvalue weighted by Gasteiger charge is -2.06. The highest BCUT2D eigenvalue weighted by atomic mass is 16.6. The third kappa shape index (κ3) is 5.79. The molecule has 0 fully saturated rings. The molecule has 0 bridgehead atoms. The summed E-state index contributed by atoms with van der Waals surface area (Å²) in [5.74, 6) is -1.46. The molecule has 2 aromatic carbocycles. The van der Waals surface area contributed by atoms with E-state index in [1.165, 1.54) is 11.3 Å². The molecule has 1 N–H and O–H groups in total. The van der Waals surface area contributed by atoms with Crippen LogP contribution in [0.5, 0.6) is 5.75 Å². The Labute approximate surface area is 163 Å². The van der Waals surface area contributed by atoms with Gasteiger partial charge in [0, 0.05) is 12.1 Å². The van der Waals surface area contributed by atoms with E-state index in [1.807, 2.05) is 18.3 Å². The normalized spacial score (nSPS) is 9.79. The smallest absolute Gasteiger partial charge is 0.283 e. The van der Waals surface area contributed by atoms with Crippen LogP contribution in [0.15, 0.2) is 66.9 Å². The lowest BCUT2D eigenvalue weighted by atomic mass is 10.1. The fourth-order valence-corrected chi connectivity index (χ4v) is 2.32. The number of aromatic amines is 1. The molecule has 11 heteroatoms. The van der Waals surface area contributed by atoms with Crippen LogP contribution in [0.1, 0.15) is 11.3 Å². The van der Waals surface area contributed by atoms with E-state index < -0.39 is 37.6 Å². The Kier molecular flexibility index (Phi) is 6.85. The van der Waals surface area contributed by atoms with Crippen LogP contribution in [-0.4, -0.2) is 14.8 Å². The number of aromatic nitrogens is 1. The molecule has 0 atom stereocenters. The van der Waals surface area contributed by atoms with E-state index in [0.717, 1.165) is 6.42 Å². The second kappa shape index (κ2) is 9.50. The van der Waals surface area contributed by atoms with Gasteiger partial charge in [-0.3, -0.25) is 30.3 Å². The Morgan fingerprint density at radius 1 is 0.759 bits per heavy atom. The maximum Gasteiger partial charge on any atom is 0.283 e. The Hall–Kier alpha value is -4.41. The van der Waals surface area contributed by atoms with Gasteiger partial charge in [0.2, 0.25) is 0 Å². The minimum Gasteiger partial charge on any atom is -0.863 e. The molecule has 29 heavy (non-hydrogen) atoms. The molecule has 3 aromatic rings. The second-order valence-electron chi connectivity index (χ2n) is 5.63. The van der Waals surface area contributed by atoms with E-state index in [9.17, 15) is 35.4 Å². The van der Waals surface area contributed by atoms with Crippen LogP contribution in [0.3, 0.4) is 0 Å². The van der Waals surface area contributed by atoms with Crippen LogP contribution < -0.4 is 10.1 Å². The summed E-state index contributed by atoms with van der Waals surface area (Å²) in [5.41, 5.74) is -0.682. The number of rotatable bonds is 5. The lowest BCUT2D eigenvalue weighted by molar-refractivity contribution is -0.420. The molecule has 1 heterocycles. The largest absolute Gasteiger partial charge is 0.863 e. The van der Waals surface area contributed by atoms with Crippen molar-refractivity contribution in [2.45, 2.75) is 6.42 Å². The topological polar surface area (TPSA) is 167 Å². The maximum absolute atomic E-state index is 11.1. The van der Waals surface area contributed by atoms with Gasteiger partial charge in [-0.2, -0.15) is 0 Å². The number of hydrogen-bond acceptors (Lipinski definition) is 7. The van der Waals surface area contributed by atoms with Crippen molar-refractivity contribution in [3.63, 3.8) is 0 Å². The Bertz CT molecular complexity index is 954. The summed E-state index contributed by atoms with van der Waals surface area (Å²) in [6, 6.07) is 17.4. The van der Waals surface area contributed by atoms with Gasteiger partial charge >= 0.3 is 0 Å². The molecular formula is C18H14N4O7. The van der Waals surface area contributed by atoms with E-state index in [4.69, 9.17) is 0 Å². The van der Waals surface area contributed by atoms with E-state index in [2.05, 4.69) is 41.4 Å². The molecule has 0 saturated heterocycles. The van der Waals surface area contributed by atoms with Crippen LogP contribution in [0.2, 0.25) is 0 Å². The first kappa shape index (κ1) is 20.9. The fourth-order valence-electron chi connectivity index (χ4n) is 2.32. The standard InChI is InChI=1S/C12H11N.C6H3N3O7/c1-2-6-11(7-3-1)10-12-8-4-5-9-13-12;10-6-4(8(13)14)1-3(7(11)12)2-5(6)9(15)16/h1-9H,10H2;1-2,10H. The molecule has 1 aromatic heterocycles. The lowest BCUT2D eigenvalue weighted by Crippen LogP contribution is -2.09. The third-order valence-electron chi connectivity index (χ3n) is 3.65. The number of nitrogens with one attached hydrogen (secondary N) is 1. The first-order chi connectivity index (χ1) is 13.8. The number of nitro groups is 3. The number of nitro benzene ring substituents is 3. The van der Waals surface area contributed by atoms with Crippen molar-refractivity contribution in [1.29, 1.82) is 0 Å². The van der Waals surface area contributed by atoms with Crippen molar-refractivity contribution in [2.24, 2.45) is 0 Å². The van der Waals surface area contributed by atoms with Crippen LogP contribution >= 0.6 is 0 Å². The number of pyridine rings is 1. The Morgan fingerprint density at radius 2 is 1.31 bits per heavy atom. The SMILES string of the molecule is O=[N+]([O-])c1cc([N+](=O)[O-])c([O-])c([N+](=O)[O-])c1.c1ccc(Cc2cccc[nH+]2)cc1. The number of benzene rings is 2. The van der Waals surface area contributed by atoms with E-state index in [0.29, 0.717) is 12.1 Å². The fraction of sp³-hybridized carbons (Fsp3) is 0.0556. The van der Waals surface area contributed by atoms with Gasteiger partial charge in [-0.05, 0) is 5.56 Å². The van der Waals surface area contributed by atoms with Crippen LogP contribution in [-0.2, 0) is 6.42 Å². The Morgan fingerprint density at radius 3 is 1.76 bits per heavy atom. The Balaban J connectivity index is 0.000000211. The molecule has 0 aliphatic carbocycles. The molecule has 0 amide bonds. The number of hydrogen-bond donors (Lipinski definition) is 0. The molecule has 0 radical (unpaired) electrons. The zero-order valence-electron chi connectivity index (χ0n) is 14.8. The van der Waals surface area contributed by atoms with Crippen molar-refractivity contribution in [1.82, 2.24) is 0 Å². The van der Waals surface area contributed by atoms with Gasteiger partial charge in [-0.1, -0.05) is 36.4 Å². The van der Waals surface area contributed by atoms with Crippen molar-refractivity contribution in [2.75, 3.05) is 0 Å². The first-order valence-electron chi connectivity index (χ1n) is 8.07. The van der Waals surface area contributed by atoms with E-state index in [1.54, 1.807) is 0 Å². The second-order valence-corrected chi connectivity index (χ2v) is 5.63. The van der Waals surface area contributed by atoms with Gasteiger partial charge in [0.05, 0.1) is 39.1 Å². The predicted molar refractivity (Wildman–Crippen MR) is 98.1 cm³/mol. The molecule has 148 valence electrons. The monoisotopic (exact) mass is 398 g/mol. The summed E-state index contributed by atoms with van der Waals surface area (Å²) in [6.45, 7) is 0. The van der Waals surface area contributed by atoms with Gasteiger partial charge < -0.3 is 5.11 Å². The molecule has 0 aliphatic heterocycles. The molecule has 0 saturated carbocycles. The average Bonchev–Trinajstić information content (AvgIpc) is 2.69. The van der Waals surface area contributed by atoms with Gasteiger partial charge in [-0.25, -0.2) is 4.98 Å². The highest BCUT2D eigenvalue weighted by Crippen LogP contribution is 2.36. The maximum atomic E-state index is 11.1. The zero-order chi connectivity index (χ0) is 21.4. The zero-order valence-corrected chi connectivity index (χ0v) is 14.8. The summed E-state index contributed by atoms with van der Waals surface area (Å²) in [5, 5.41) is 42.1. The van der Waals surface area contributed by atoms with Crippen molar-refractivity contribution < 1.29 is 24.9 Å².